The van der Waals surface area contributed by atoms with E-state index in [0.717, 1.165) is 32.4 Å². The van der Waals surface area contributed by atoms with Crippen LogP contribution in [0.15, 0.2) is 12.5 Å². The quantitative estimate of drug-likeness (QED) is 0.0198. The minimum absolute atomic E-state index is 0.00578. The normalized spacial score (nSPS) is 23.6. The number of quaternary nitrogens is 1. The molecule has 3 rings (SSSR count). The van der Waals surface area contributed by atoms with Crippen molar-refractivity contribution in [2.24, 2.45) is 46.2 Å². The summed E-state index contributed by atoms with van der Waals surface area (Å²) < 4.78 is 0. The molecule has 11 atom stereocenters. The number of primary amides is 2. The summed E-state index contributed by atoms with van der Waals surface area (Å²) in [5.74, 6) is -17.9. The number of aromatic nitrogens is 2. The van der Waals surface area contributed by atoms with Crippen LogP contribution in [0.4, 0.5) is 0 Å². The predicted molar refractivity (Wildman–Crippen MR) is 409 cm³/mol. The van der Waals surface area contributed by atoms with Gasteiger partial charge in [0.15, 0.2) is 6.54 Å². The Labute approximate surface area is 656 Å². The Balaban J connectivity index is 2.34. The molecule has 111 heavy (non-hydrogen) atoms. The summed E-state index contributed by atoms with van der Waals surface area (Å²) in [5.41, 5.74) is 37.6. The lowest BCUT2D eigenvalue weighted by molar-refractivity contribution is -0.460. The van der Waals surface area contributed by atoms with Gasteiger partial charge in [-0.2, -0.15) is 0 Å². The van der Waals surface area contributed by atoms with Crippen LogP contribution in [0.25, 0.3) is 0 Å². The van der Waals surface area contributed by atoms with Crippen LogP contribution in [0.2, 0.25) is 0 Å². The molecule has 620 valence electrons. The van der Waals surface area contributed by atoms with Gasteiger partial charge < -0.3 is 101 Å². The van der Waals surface area contributed by atoms with Gasteiger partial charge >= 0.3 is 17.9 Å². The zero-order chi connectivity index (χ0) is 82.9. The number of rotatable bonds is 24. The number of nitrogens with zero attached hydrogens (tertiary/aromatic N) is 2. The highest BCUT2D eigenvalue weighted by Crippen LogP contribution is 2.26. The summed E-state index contributed by atoms with van der Waals surface area (Å²) in [6, 6.07) is -17.2. The van der Waals surface area contributed by atoms with E-state index in [1.807, 2.05) is 0 Å². The molecule has 0 radical (unpaired) electrons. The van der Waals surface area contributed by atoms with E-state index in [4.69, 9.17) is 34.4 Å². The van der Waals surface area contributed by atoms with Gasteiger partial charge in [0.1, 0.15) is 66.5 Å². The van der Waals surface area contributed by atoms with Gasteiger partial charge in [-0.25, -0.2) is 4.98 Å². The Morgan fingerprint density at radius 3 is 1.68 bits per heavy atom. The Bertz CT molecular complexity index is 3420. The average Bonchev–Trinajstić information content (AvgIpc) is 1.83. The maximum Gasteiger partial charge on any atom is 0.338 e. The Hall–Kier alpha value is -9.90. The fraction of sp³-hybridized carbons (Fsp3) is 0.656. The summed E-state index contributed by atoms with van der Waals surface area (Å²) in [6.07, 6.45) is -0.617. The van der Waals surface area contributed by atoms with Gasteiger partial charge in [-0.1, -0.05) is 70.9 Å². The van der Waals surface area contributed by atoms with Crippen LogP contribution < -0.4 is 119 Å². The Morgan fingerprint density at radius 2 is 1.14 bits per heavy atom. The number of fused-ring (bicyclic) bond motifs is 7. The number of imidazole rings is 1. The molecule has 2 bridgehead atoms. The predicted octanol–water partition coefficient (Wildman–Crippen LogP) is -12.8. The van der Waals surface area contributed by atoms with Gasteiger partial charge in [0.2, 0.25) is 88.6 Å². The van der Waals surface area contributed by atoms with Crippen LogP contribution >= 0.6 is 43.2 Å². The smallest absolute Gasteiger partial charge is 0.338 e. The molecule has 2 fully saturated rings. The van der Waals surface area contributed by atoms with E-state index in [-0.39, 0.29) is 137 Å². The number of nitrogens with one attached hydrogen (secondary N) is 16. The fourth-order valence-electron chi connectivity index (χ4n) is 10.7. The number of hydrogen-bond acceptors (Lipinski definition) is 22. The van der Waals surface area contributed by atoms with Crippen molar-refractivity contribution in [3.63, 3.8) is 0 Å². The van der Waals surface area contributed by atoms with E-state index in [2.05, 4.69) is 94.8 Å². The van der Waals surface area contributed by atoms with Crippen LogP contribution in [0.5, 0.6) is 0 Å². The van der Waals surface area contributed by atoms with Gasteiger partial charge in [-0.15, -0.1) is 0 Å². The van der Waals surface area contributed by atoms with E-state index in [0.29, 0.717) is 0 Å². The molecule has 2 aliphatic rings. The van der Waals surface area contributed by atoms with Crippen molar-refractivity contribution >= 4 is 156 Å². The molecule has 0 saturated carbocycles. The SMILES string of the molecule is CC(C)C[C@H](NC(=O)[C@@H]1CSSCCCN2CCCSSC[C@H](NC(=O)CNC(=O)[C@H](CCC[NH+]=C(N)N)NC(=O)CNC(=O)[C@H](CC(C)C)NC(=O)[C@H](C)NC(=O)[C@@H](NC(=O)C[NH3+])CC2=O)C(=O)N[C@@H](CCC(=O)O)C(=O)N[C@@H](CC(N)=O)C(=O)N[C@@H](Cc2cnc[nH]2)C(=O)N[C@@H](CCC[NH+]=C(N)N)C(=O)N1)C(N)=O. The number of aromatic amines is 1. The lowest BCUT2D eigenvalue weighted by Gasteiger charge is -2.27. The molecule has 43 nitrogen and oxygen atoms in total. The summed E-state index contributed by atoms with van der Waals surface area (Å²) >= 11 is 0. The van der Waals surface area contributed by atoms with Gasteiger partial charge in [0, 0.05) is 60.8 Å². The molecule has 0 aromatic carbocycles. The molecule has 0 unspecified atom stereocenters. The number of carboxylic acids is 1. The van der Waals surface area contributed by atoms with Crippen LogP contribution in [-0.2, 0) is 87.9 Å². The van der Waals surface area contributed by atoms with E-state index < -0.39 is 212 Å². The molecule has 3 heterocycles. The molecule has 0 aliphatic carbocycles. The molecular weight excluding hydrogens is 1540 g/mol. The highest BCUT2D eigenvalue weighted by atomic mass is 33.1. The largest absolute Gasteiger partial charge is 0.481 e. The standard InChI is InChI=1S/C64H107N25O18S4/c1-32(2)20-39(52(67)97)84-62(107)45-30-111-109-19-9-17-89-16-8-18-108-110-29-44(61(106)83-38(12-13-51(95)96)57(102)87-42(23-46(66)90)60(105)86-41(22-35-26-72-31-77-35)59(104)82-37(56(101)88-45)11-7-15-74-64(70)71)81-49(93)28-75-54(99)36(10-6-14-73-63(68)69)79-48(92)27-76-55(100)40(21-33(3)4)85-53(98)34(5)78-58(103)43(24-50(89)94)80-47(91)25-65/h26,31-34,36-45H,6-25,27-30,65H2,1-5H3,(H2,66,90)(H2,67,97)(H,72,77)(H,75,99)(H,76,100)(H,78,103)(H,79,92)(H,80,91)(H,81,93)(H,82,104)(H,83,106)(H,84,107)(H,85,98)(H,86,105)(H,87,102)(H,88,101)(H,95,96)(H4,68,69,73)(H4,70,71,74)/p+3/t34-,36-,37-,38-,39-,40-,41-,42-,43-,44-,45-/m0/s1. The van der Waals surface area contributed by atoms with Crippen molar-refractivity contribution in [3.8, 4) is 0 Å². The van der Waals surface area contributed by atoms with Crippen molar-refractivity contribution in [3.05, 3.63) is 18.2 Å². The molecule has 16 amide bonds. The molecule has 47 heteroatoms. The van der Waals surface area contributed by atoms with Gasteiger partial charge in [0.05, 0.1) is 45.3 Å². The minimum Gasteiger partial charge on any atom is -0.481 e. The molecule has 2 saturated heterocycles. The van der Waals surface area contributed by atoms with Crippen LogP contribution in [0.3, 0.4) is 0 Å². The van der Waals surface area contributed by atoms with Gasteiger partial charge in [-0.3, -0.25) is 114 Å². The van der Waals surface area contributed by atoms with Crippen molar-refractivity contribution in [2.45, 2.75) is 185 Å². The number of amides is 16. The number of hydrogen-bond donors (Lipinski definition) is 24. The molecule has 2 aliphatic heterocycles. The first-order chi connectivity index (χ1) is 52.5. The third kappa shape index (κ3) is 38.5. The summed E-state index contributed by atoms with van der Waals surface area (Å²) in [4.78, 5) is 250. The van der Waals surface area contributed by atoms with Crippen molar-refractivity contribution in [1.29, 1.82) is 0 Å². The second-order valence-corrected chi connectivity index (χ2v) is 32.1. The number of carbonyl (C=O) groups excluding carboxylic acids is 16. The van der Waals surface area contributed by atoms with E-state index in [1.165, 1.54) is 35.1 Å². The molecule has 0 spiro atoms. The highest BCUT2D eigenvalue weighted by molar-refractivity contribution is 8.77. The van der Waals surface area contributed by atoms with Crippen molar-refractivity contribution in [2.75, 3.05) is 68.8 Å². The summed E-state index contributed by atoms with van der Waals surface area (Å²) in [5, 5.41) is 42.3. The second-order valence-electron chi connectivity index (χ2n) is 26.8. The lowest BCUT2D eigenvalue weighted by Crippen LogP contribution is -2.78. The van der Waals surface area contributed by atoms with Gasteiger partial charge in [0.25, 0.3) is 5.91 Å². The first kappa shape index (κ1) is 95.3. The second kappa shape index (κ2) is 50.8. The van der Waals surface area contributed by atoms with E-state index in [1.54, 1.807) is 27.7 Å². The average molecular weight is 1650 g/mol. The fourth-order valence-corrected chi connectivity index (χ4v) is 15.1. The number of carboxylic acid groups (broad SMARTS) is 1. The number of aliphatic carboxylic acids is 1. The minimum atomic E-state index is -1.99. The number of nitrogens with two attached hydrogens (primary N) is 6. The molecule has 32 N–H and O–H groups in total. The van der Waals surface area contributed by atoms with Crippen LogP contribution in [0, 0.1) is 11.8 Å². The first-order valence-electron chi connectivity index (χ1n) is 35.9. The summed E-state index contributed by atoms with van der Waals surface area (Å²) in [6.45, 7) is 6.46. The molecular formula is C64H110N25O18S4+3. The first-order valence-corrected chi connectivity index (χ1v) is 40.9. The Morgan fingerprint density at radius 1 is 0.613 bits per heavy atom. The third-order valence-corrected chi connectivity index (χ3v) is 21.4. The number of H-pyrrole nitrogens is 1. The maximum absolute atomic E-state index is 14.8. The number of guanidine groups is 2. The zero-order valence-electron chi connectivity index (χ0n) is 62.7. The Kier molecular flexibility index (Phi) is 43.6. The molecule has 1 aromatic heterocycles. The zero-order valence-corrected chi connectivity index (χ0v) is 66.0. The van der Waals surface area contributed by atoms with Crippen LogP contribution in [-0.4, -0.2) is 268 Å². The van der Waals surface area contributed by atoms with Crippen molar-refractivity contribution < 1.29 is 102 Å². The molecule has 1 aromatic rings. The lowest BCUT2D eigenvalue weighted by atomic mass is 10.0. The van der Waals surface area contributed by atoms with E-state index >= 15 is 0 Å². The van der Waals surface area contributed by atoms with Gasteiger partial charge in [-0.05, 0) is 76.5 Å². The summed E-state index contributed by atoms with van der Waals surface area (Å²) in [7, 11) is 4.43. The van der Waals surface area contributed by atoms with Crippen molar-refractivity contribution in [1.82, 2.24) is 84.0 Å². The number of carbonyl (C=O) groups is 17. The van der Waals surface area contributed by atoms with Crippen LogP contribution in [0.1, 0.15) is 117 Å². The third-order valence-electron chi connectivity index (χ3n) is 16.4. The topological polar surface area (TPSA) is 710 Å². The van der Waals surface area contributed by atoms with E-state index in [9.17, 15) is 86.6 Å². The monoisotopic (exact) mass is 1640 g/mol. The maximum atomic E-state index is 14.8. The highest BCUT2D eigenvalue weighted by Gasteiger charge is 2.37.